The van der Waals surface area contributed by atoms with Crippen molar-refractivity contribution in [2.24, 2.45) is 0 Å². The SMILES string of the molecule is CCCCC(C(=O)NC(C)C)N(CC(F)(F)F)c1ccc(C#N)c(C(F)(F)F)c1. The molecule has 0 bridgehead atoms. The van der Waals surface area contributed by atoms with Gasteiger partial charge in [0, 0.05) is 11.7 Å². The zero-order chi connectivity index (χ0) is 22.4. The molecule has 162 valence electrons. The summed E-state index contributed by atoms with van der Waals surface area (Å²) in [6.07, 6.45) is -8.65. The first-order chi connectivity index (χ1) is 13.3. The lowest BCUT2D eigenvalue weighted by Gasteiger charge is -2.34. The predicted octanol–water partition coefficient (Wildman–Crippen LogP) is 5.03. The number of anilines is 1. The number of carbonyl (C=O) groups is 1. The fourth-order valence-corrected chi connectivity index (χ4v) is 2.82. The zero-order valence-corrected chi connectivity index (χ0v) is 16.3. The highest BCUT2D eigenvalue weighted by molar-refractivity contribution is 5.85. The third kappa shape index (κ3) is 7.48. The second kappa shape index (κ2) is 9.85. The molecule has 1 unspecified atom stereocenters. The van der Waals surface area contributed by atoms with Crippen LogP contribution in [0.1, 0.15) is 51.2 Å². The number of benzene rings is 1. The van der Waals surface area contributed by atoms with E-state index >= 15 is 0 Å². The van der Waals surface area contributed by atoms with Crippen LogP contribution in [0.5, 0.6) is 0 Å². The minimum Gasteiger partial charge on any atom is -0.352 e. The Morgan fingerprint density at radius 2 is 1.83 bits per heavy atom. The van der Waals surface area contributed by atoms with Gasteiger partial charge in [-0.2, -0.15) is 31.6 Å². The number of hydrogen-bond acceptors (Lipinski definition) is 3. The number of nitriles is 1. The van der Waals surface area contributed by atoms with Crippen LogP contribution in [0.3, 0.4) is 0 Å². The van der Waals surface area contributed by atoms with Gasteiger partial charge in [-0.05, 0) is 38.5 Å². The van der Waals surface area contributed by atoms with Crippen LogP contribution in [-0.2, 0) is 11.0 Å². The molecule has 0 aliphatic carbocycles. The number of halogens is 6. The minimum atomic E-state index is -4.93. The van der Waals surface area contributed by atoms with Crippen LogP contribution >= 0.6 is 0 Å². The van der Waals surface area contributed by atoms with Crippen LogP contribution in [0.15, 0.2) is 18.2 Å². The fraction of sp³-hybridized carbons (Fsp3) is 0.579. The van der Waals surface area contributed by atoms with E-state index in [1.807, 2.05) is 0 Å². The Kier molecular flexibility index (Phi) is 8.36. The van der Waals surface area contributed by atoms with E-state index < -0.39 is 47.7 Å². The average molecular weight is 423 g/mol. The number of rotatable bonds is 8. The third-order valence-corrected chi connectivity index (χ3v) is 4.05. The molecule has 1 amide bonds. The summed E-state index contributed by atoms with van der Waals surface area (Å²) in [5, 5.41) is 11.4. The minimum absolute atomic E-state index is 0.0342. The van der Waals surface area contributed by atoms with E-state index in [-0.39, 0.29) is 12.5 Å². The van der Waals surface area contributed by atoms with Crippen molar-refractivity contribution in [1.82, 2.24) is 5.32 Å². The molecule has 1 aromatic carbocycles. The normalized spacial score (nSPS) is 13.1. The fourth-order valence-electron chi connectivity index (χ4n) is 2.82. The summed E-state index contributed by atoms with van der Waals surface area (Å²) >= 11 is 0. The number of hydrogen-bond donors (Lipinski definition) is 1. The van der Waals surface area contributed by atoms with Gasteiger partial charge in [-0.3, -0.25) is 4.79 Å². The number of nitrogens with zero attached hydrogens (tertiary/aromatic N) is 2. The van der Waals surface area contributed by atoms with Crippen LogP contribution in [0.2, 0.25) is 0 Å². The van der Waals surface area contributed by atoms with Crippen molar-refractivity contribution < 1.29 is 31.1 Å². The molecule has 0 aliphatic rings. The molecule has 0 aliphatic heterocycles. The van der Waals surface area contributed by atoms with Gasteiger partial charge in [-0.25, -0.2) is 0 Å². The molecule has 1 atom stereocenters. The standard InChI is InChI=1S/C19H23F6N3O/c1-4-5-6-16(17(29)27-12(2)3)28(11-18(20,21)22)14-8-7-13(10-26)15(9-14)19(23,24)25/h7-9,12,16H,4-6,11H2,1-3H3,(H,27,29). The van der Waals surface area contributed by atoms with Crippen molar-refractivity contribution in [1.29, 1.82) is 5.26 Å². The molecule has 1 rings (SSSR count). The highest BCUT2D eigenvalue weighted by atomic mass is 19.4. The van der Waals surface area contributed by atoms with Gasteiger partial charge in [0.2, 0.25) is 5.91 Å². The molecule has 10 heteroatoms. The van der Waals surface area contributed by atoms with Crippen molar-refractivity contribution in [3.63, 3.8) is 0 Å². The first-order valence-corrected chi connectivity index (χ1v) is 9.05. The van der Waals surface area contributed by atoms with E-state index in [2.05, 4.69) is 5.32 Å². The van der Waals surface area contributed by atoms with Gasteiger partial charge in [-0.1, -0.05) is 19.8 Å². The largest absolute Gasteiger partial charge is 0.417 e. The predicted molar refractivity (Wildman–Crippen MR) is 96.2 cm³/mol. The molecule has 0 fully saturated rings. The summed E-state index contributed by atoms with van der Waals surface area (Å²) < 4.78 is 79.5. The van der Waals surface area contributed by atoms with Gasteiger partial charge >= 0.3 is 12.4 Å². The summed E-state index contributed by atoms with van der Waals surface area (Å²) in [5.41, 5.74) is -2.47. The van der Waals surface area contributed by atoms with E-state index in [1.54, 1.807) is 20.8 Å². The molecular weight excluding hydrogens is 400 g/mol. The topological polar surface area (TPSA) is 56.1 Å². The Morgan fingerprint density at radius 3 is 2.28 bits per heavy atom. The first kappa shape index (κ1) is 24.6. The maximum atomic E-state index is 13.3. The van der Waals surface area contributed by atoms with E-state index in [0.29, 0.717) is 23.8 Å². The van der Waals surface area contributed by atoms with Crippen LogP contribution in [0, 0.1) is 11.3 Å². The number of carbonyl (C=O) groups excluding carboxylic acids is 1. The summed E-state index contributed by atoms with van der Waals surface area (Å²) in [6.45, 7) is 3.45. The molecule has 0 heterocycles. The summed E-state index contributed by atoms with van der Waals surface area (Å²) in [7, 11) is 0. The van der Waals surface area contributed by atoms with Crippen molar-refractivity contribution in [3.8, 4) is 6.07 Å². The highest BCUT2D eigenvalue weighted by Crippen LogP contribution is 2.36. The third-order valence-electron chi connectivity index (χ3n) is 4.05. The number of nitrogens with one attached hydrogen (secondary N) is 1. The quantitative estimate of drug-likeness (QED) is 0.597. The molecule has 1 aromatic rings. The van der Waals surface area contributed by atoms with Crippen LogP contribution in [0.4, 0.5) is 32.0 Å². The van der Waals surface area contributed by atoms with Crippen LogP contribution < -0.4 is 10.2 Å². The maximum absolute atomic E-state index is 13.3. The van der Waals surface area contributed by atoms with Crippen LogP contribution in [-0.4, -0.2) is 30.7 Å². The molecule has 29 heavy (non-hydrogen) atoms. The van der Waals surface area contributed by atoms with Gasteiger partial charge in [0.15, 0.2) is 0 Å². The van der Waals surface area contributed by atoms with E-state index in [9.17, 15) is 31.1 Å². The average Bonchev–Trinajstić information content (AvgIpc) is 2.58. The van der Waals surface area contributed by atoms with Gasteiger partial charge in [0.25, 0.3) is 0 Å². The Hall–Kier alpha value is -2.44. The molecule has 0 spiro atoms. The zero-order valence-electron chi connectivity index (χ0n) is 16.3. The summed E-state index contributed by atoms with van der Waals surface area (Å²) in [6, 6.07) is 2.03. The molecular formula is C19H23F6N3O. The van der Waals surface area contributed by atoms with E-state index in [0.717, 1.165) is 12.1 Å². The number of unbranched alkanes of at least 4 members (excludes halogenated alkanes) is 1. The molecule has 1 N–H and O–H groups in total. The number of amides is 1. The molecule has 0 saturated heterocycles. The molecule has 0 saturated carbocycles. The van der Waals surface area contributed by atoms with Crippen LogP contribution in [0.25, 0.3) is 0 Å². The van der Waals surface area contributed by atoms with Crippen molar-refractivity contribution in [2.75, 3.05) is 11.4 Å². The van der Waals surface area contributed by atoms with E-state index in [1.165, 1.54) is 6.07 Å². The molecule has 0 aromatic heterocycles. The maximum Gasteiger partial charge on any atom is 0.417 e. The van der Waals surface area contributed by atoms with E-state index in [4.69, 9.17) is 5.26 Å². The second-order valence-electron chi connectivity index (χ2n) is 6.90. The summed E-state index contributed by atoms with van der Waals surface area (Å²) in [5.74, 6) is -0.699. The molecule has 4 nitrogen and oxygen atoms in total. The second-order valence-corrected chi connectivity index (χ2v) is 6.90. The Bertz CT molecular complexity index is 737. The smallest absolute Gasteiger partial charge is 0.352 e. The van der Waals surface area contributed by atoms with Gasteiger partial charge in [0.1, 0.15) is 12.6 Å². The Morgan fingerprint density at radius 1 is 1.21 bits per heavy atom. The lowest BCUT2D eigenvalue weighted by Crippen LogP contribution is -2.51. The van der Waals surface area contributed by atoms with Gasteiger partial charge in [0.05, 0.1) is 17.2 Å². The summed E-state index contributed by atoms with van der Waals surface area (Å²) in [4.78, 5) is 13.2. The highest BCUT2D eigenvalue weighted by Gasteiger charge is 2.39. The lowest BCUT2D eigenvalue weighted by molar-refractivity contribution is -0.137. The Balaban J connectivity index is 3.53. The monoisotopic (exact) mass is 423 g/mol. The van der Waals surface area contributed by atoms with Crippen molar-refractivity contribution in [2.45, 2.75) is 64.5 Å². The van der Waals surface area contributed by atoms with Crippen molar-refractivity contribution >= 4 is 11.6 Å². The first-order valence-electron chi connectivity index (χ1n) is 9.05. The Labute approximate surface area is 165 Å². The van der Waals surface area contributed by atoms with Gasteiger partial charge < -0.3 is 10.2 Å². The molecule has 0 radical (unpaired) electrons. The number of alkyl halides is 6. The van der Waals surface area contributed by atoms with Gasteiger partial charge in [-0.15, -0.1) is 0 Å². The lowest BCUT2D eigenvalue weighted by atomic mass is 10.0. The van der Waals surface area contributed by atoms with Crippen molar-refractivity contribution in [3.05, 3.63) is 29.3 Å².